The van der Waals surface area contributed by atoms with E-state index in [1.54, 1.807) is 48.5 Å². The quantitative estimate of drug-likeness (QED) is 0.592. The van der Waals surface area contributed by atoms with Crippen LogP contribution in [0.1, 0.15) is 42.1 Å². The Bertz CT molecular complexity index is 1180. The van der Waals surface area contributed by atoms with Gasteiger partial charge in [-0.2, -0.15) is 0 Å². The van der Waals surface area contributed by atoms with Crippen LogP contribution >= 0.6 is 0 Å². The minimum Gasteiger partial charge on any atom is -0.322 e. The fraction of sp³-hybridized carbons (Fsp3) is 0.200. The second-order valence-corrected chi connectivity index (χ2v) is 7.76. The van der Waals surface area contributed by atoms with E-state index in [1.165, 1.54) is 18.3 Å². The summed E-state index contributed by atoms with van der Waals surface area (Å²) in [5.74, 6) is -1.26. The standard InChI is InChI=1S/C25H22FN3O3/c1-2-25(14-13-21(30)29-24(25)32)18-9-11-19(12-10-18)28-23(31)17-7-5-16(6-8-17)22-20(26)4-3-15-27-22/h3-12,15H,2,13-14H2,1H3,(H,28,31)(H,29,30,32). The summed E-state index contributed by atoms with van der Waals surface area (Å²) in [6.07, 6.45) is 2.85. The summed E-state index contributed by atoms with van der Waals surface area (Å²) in [5, 5.41) is 5.26. The van der Waals surface area contributed by atoms with Crippen molar-refractivity contribution in [2.45, 2.75) is 31.6 Å². The number of aromatic nitrogens is 1. The summed E-state index contributed by atoms with van der Waals surface area (Å²) in [7, 11) is 0. The summed E-state index contributed by atoms with van der Waals surface area (Å²) in [4.78, 5) is 40.7. The molecule has 32 heavy (non-hydrogen) atoms. The molecule has 0 spiro atoms. The van der Waals surface area contributed by atoms with E-state index in [-0.39, 0.29) is 23.4 Å². The van der Waals surface area contributed by atoms with Crippen LogP contribution in [0.4, 0.5) is 10.1 Å². The van der Waals surface area contributed by atoms with Gasteiger partial charge in [0.2, 0.25) is 11.8 Å². The maximum atomic E-state index is 13.9. The molecule has 1 aromatic heterocycles. The lowest BCUT2D eigenvalue weighted by atomic mass is 9.72. The molecule has 0 saturated carbocycles. The number of carbonyl (C=O) groups excluding carboxylic acids is 3. The molecule has 2 N–H and O–H groups in total. The zero-order valence-electron chi connectivity index (χ0n) is 17.5. The second-order valence-electron chi connectivity index (χ2n) is 7.76. The van der Waals surface area contributed by atoms with Crippen LogP contribution in [0.3, 0.4) is 0 Å². The van der Waals surface area contributed by atoms with Gasteiger partial charge in [0, 0.05) is 29.4 Å². The zero-order valence-corrected chi connectivity index (χ0v) is 17.5. The van der Waals surface area contributed by atoms with Crippen LogP contribution in [-0.2, 0) is 15.0 Å². The molecule has 0 radical (unpaired) electrons. The smallest absolute Gasteiger partial charge is 0.255 e. The van der Waals surface area contributed by atoms with E-state index >= 15 is 0 Å². The van der Waals surface area contributed by atoms with E-state index in [2.05, 4.69) is 15.6 Å². The Balaban J connectivity index is 1.48. The molecule has 1 saturated heterocycles. The number of benzene rings is 2. The van der Waals surface area contributed by atoms with Crippen LogP contribution in [0.2, 0.25) is 0 Å². The van der Waals surface area contributed by atoms with Crippen molar-refractivity contribution in [2.24, 2.45) is 0 Å². The summed E-state index contributed by atoms with van der Waals surface area (Å²) >= 11 is 0. The molecule has 4 rings (SSSR count). The Hall–Kier alpha value is -3.87. The van der Waals surface area contributed by atoms with Gasteiger partial charge in [-0.3, -0.25) is 24.7 Å². The Kier molecular flexibility index (Phi) is 5.81. The summed E-state index contributed by atoms with van der Waals surface area (Å²) in [5.41, 5.74) is 1.88. The molecule has 7 heteroatoms. The van der Waals surface area contributed by atoms with Crippen molar-refractivity contribution >= 4 is 23.4 Å². The van der Waals surface area contributed by atoms with Crippen LogP contribution in [0, 0.1) is 5.82 Å². The van der Waals surface area contributed by atoms with E-state index in [4.69, 9.17) is 0 Å². The van der Waals surface area contributed by atoms with Gasteiger partial charge in [-0.25, -0.2) is 4.39 Å². The van der Waals surface area contributed by atoms with Crippen molar-refractivity contribution < 1.29 is 18.8 Å². The van der Waals surface area contributed by atoms with E-state index in [1.807, 2.05) is 6.92 Å². The molecular formula is C25H22FN3O3. The summed E-state index contributed by atoms with van der Waals surface area (Å²) < 4.78 is 13.9. The SMILES string of the molecule is CCC1(c2ccc(NC(=O)c3ccc(-c4ncccc4F)cc3)cc2)CCC(=O)NC1=O. The van der Waals surface area contributed by atoms with Crippen molar-refractivity contribution in [2.75, 3.05) is 5.32 Å². The van der Waals surface area contributed by atoms with Gasteiger partial charge in [-0.1, -0.05) is 31.2 Å². The van der Waals surface area contributed by atoms with Crippen molar-refractivity contribution in [1.29, 1.82) is 0 Å². The number of nitrogens with zero attached hydrogens (tertiary/aromatic N) is 1. The maximum absolute atomic E-state index is 13.9. The van der Waals surface area contributed by atoms with E-state index < -0.39 is 11.2 Å². The monoisotopic (exact) mass is 431 g/mol. The topological polar surface area (TPSA) is 88.2 Å². The normalized spacial score (nSPS) is 18.2. The van der Waals surface area contributed by atoms with E-state index in [0.717, 1.165) is 5.56 Å². The first-order valence-electron chi connectivity index (χ1n) is 10.4. The highest BCUT2D eigenvalue weighted by Gasteiger charge is 2.42. The summed E-state index contributed by atoms with van der Waals surface area (Å²) in [6, 6.07) is 16.5. The second kappa shape index (κ2) is 8.70. The fourth-order valence-electron chi connectivity index (χ4n) is 4.02. The van der Waals surface area contributed by atoms with Crippen molar-refractivity contribution in [1.82, 2.24) is 10.3 Å². The van der Waals surface area contributed by atoms with Gasteiger partial charge < -0.3 is 5.32 Å². The number of rotatable bonds is 5. The Morgan fingerprint density at radius 2 is 1.81 bits per heavy atom. The lowest BCUT2D eigenvalue weighted by Crippen LogP contribution is -2.51. The van der Waals surface area contributed by atoms with Gasteiger partial charge in [0.15, 0.2) is 0 Å². The average Bonchev–Trinajstić information content (AvgIpc) is 2.81. The first-order valence-corrected chi connectivity index (χ1v) is 10.4. The van der Waals surface area contributed by atoms with Gasteiger partial charge in [0.05, 0.1) is 5.41 Å². The molecule has 1 aliphatic heterocycles. The number of halogens is 1. The Labute approximate surface area is 184 Å². The molecule has 0 aliphatic carbocycles. The average molecular weight is 431 g/mol. The predicted molar refractivity (Wildman–Crippen MR) is 118 cm³/mol. The zero-order chi connectivity index (χ0) is 22.7. The number of nitrogens with one attached hydrogen (secondary N) is 2. The van der Waals surface area contributed by atoms with E-state index in [0.29, 0.717) is 36.1 Å². The molecule has 1 aliphatic rings. The molecule has 1 atom stereocenters. The molecule has 0 bridgehead atoms. The summed E-state index contributed by atoms with van der Waals surface area (Å²) in [6.45, 7) is 1.92. The predicted octanol–water partition coefficient (Wildman–Crippen LogP) is 4.22. The number of piperidine rings is 1. The molecule has 6 nitrogen and oxygen atoms in total. The number of amides is 3. The number of pyridine rings is 1. The van der Waals surface area contributed by atoms with Gasteiger partial charge in [0.1, 0.15) is 11.5 Å². The van der Waals surface area contributed by atoms with Gasteiger partial charge in [-0.15, -0.1) is 0 Å². The van der Waals surface area contributed by atoms with Crippen LogP contribution in [0.25, 0.3) is 11.3 Å². The molecule has 2 aromatic carbocycles. The number of carbonyl (C=O) groups is 3. The lowest BCUT2D eigenvalue weighted by Gasteiger charge is -2.35. The minimum atomic E-state index is -0.743. The van der Waals surface area contributed by atoms with Gasteiger partial charge in [-0.05, 0) is 54.8 Å². The fourth-order valence-corrected chi connectivity index (χ4v) is 4.02. The third kappa shape index (κ3) is 4.01. The van der Waals surface area contributed by atoms with Crippen molar-refractivity contribution in [3.63, 3.8) is 0 Å². The largest absolute Gasteiger partial charge is 0.322 e. The van der Waals surface area contributed by atoms with Crippen molar-refractivity contribution in [3.05, 3.63) is 83.8 Å². The lowest BCUT2D eigenvalue weighted by molar-refractivity contribution is -0.138. The number of anilines is 1. The first kappa shape index (κ1) is 21.4. The van der Waals surface area contributed by atoms with Crippen LogP contribution in [0.5, 0.6) is 0 Å². The molecule has 1 fully saturated rings. The van der Waals surface area contributed by atoms with Crippen LogP contribution in [0.15, 0.2) is 66.9 Å². The minimum absolute atomic E-state index is 0.230. The third-order valence-corrected chi connectivity index (χ3v) is 5.94. The molecule has 3 amide bonds. The number of hydrogen-bond acceptors (Lipinski definition) is 4. The number of hydrogen-bond donors (Lipinski definition) is 2. The Morgan fingerprint density at radius 1 is 1.09 bits per heavy atom. The van der Waals surface area contributed by atoms with Crippen molar-refractivity contribution in [3.8, 4) is 11.3 Å². The maximum Gasteiger partial charge on any atom is 0.255 e. The highest BCUT2D eigenvalue weighted by atomic mass is 19.1. The van der Waals surface area contributed by atoms with Gasteiger partial charge in [0.25, 0.3) is 5.91 Å². The molecule has 3 aromatic rings. The van der Waals surface area contributed by atoms with Crippen LogP contribution < -0.4 is 10.6 Å². The highest BCUT2D eigenvalue weighted by Crippen LogP contribution is 2.36. The highest BCUT2D eigenvalue weighted by molar-refractivity contribution is 6.05. The van der Waals surface area contributed by atoms with Crippen LogP contribution in [-0.4, -0.2) is 22.7 Å². The molecule has 2 heterocycles. The number of imide groups is 1. The molecule has 162 valence electrons. The Morgan fingerprint density at radius 3 is 2.44 bits per heavy atom. The van der Waals surface area contributed by atoms with Gasteiger partial charge >= 0.3 is 0 Å². The first-order chi connectivity index (χ1) is 15.4. The molecule has 1 unspecified atom stereocenters. The molecular weight excluding hydrogens is 409 g/mol. The van der Waals surface area contributed by atoms with E-state index in [9.17, 15) is 18.8 Å². The third-order valence-electron chi connectivity index (χ3n) is 5.94.